The molecular formula is C40H85NSi. The third-order valence-corrected chi connectivity index (χ3v) is 15.9. The molecule has 0 bridgehead atoms. The normalized spacial score (nSPS) is 12.1. The molecule has 0 aromatic carbocycles. The summed E-state index contributed by atoms with van der Waals surface area (Å²) in [6, 6.07) is 4.86. The zero-order chi connectivity index (χ0) is 30.8. The van der Waals surface area contributed by atoms with Gasteiger partial charge in [-0.15, -0.1) is 0 Å². The molecule has 0 aromatic rings. The fourth-order valence-electron chi connectivity index (χ4n) is 7.30. The van der Waals surface area contributed by atoms with Crippen LogP contribution in [0.3, 0.4) is 0 Å². The zero-order valence-corrected chi connectivity index (χ0v) is 31.7. The third kappa shape index (κ3) is 25.5. The predicted octanol–water partition coefficient (Wildman–Crippen LogP) is 15.0. The molecule has 1 nitrogen and oxygen atoms in total. The van der Waals surface area contributed by atoms with Crippen LogP contribution in [0.15, 0.2) is 0 Å². The van der Waals surface area contributed by atoms with Gasteiger partial charge in [0, 0.05) is 0 Å². The number of hydrogen-bond acceptors (Lipinski definition) is 1. The van der Waals surface area contributed by atoms with Gasteiger partial charge in [0.15, 0.2) is 0 Å². The summed E-state index contributed by atoms with van der Waals surface area (Å²) in [6.45, 7) is 14.7. The molecule has 0 amide bonds. The smallest absolute Gasteiger partial charge is 0.128 e. The van der Waals surface area contributed by atoms with Gasteiger partial charge in [0.1, 0.15) is 8.24 Å². The highest BCUT2D eigenvalue weighted by atomic mass is 28.3. The van der Waals surface area contributed by atoms with Crippen LogP contribution in [0.4, 0.5) is 0 Å². The highest BCUT2D eigenvalue weighted by molar-refractivity contribution is 6.77. The maximum absolute atomic E-state index is 3.29. The first kappa shape index (κ1) is 42.2. The molecule has 0 aromatic heterocycles. The van der Waals surface area contributed by atoms with Gasteiger partial charge in [-0.05, 0) is 44.1 Å². The predicted molar refractivity (Wildman–Crippen MR) is 199 cm³/mol. The maximum Gasteiger partial charge on any atom is 0.128 e. The lowest BCUT2D eigenvalue weighted by Crippen LogP contribution is -2.54. The lowest BCUT2D eigenvalue weighted by atomic mass is 10.1. The first-order chi connectivity index (χ1) is 20.7. The largest absolute Gasteiger partial charge is 0.323 e. The molecule has 0 aliphatic rings. The molecule has 0 fully saturated rings. The van der Waals surface area contributed by atoms with Crippen molar-refractivity contribution in [3.8, 4) is 0 Å². The van der Waals surface area contributed by atoms with E-state index in [1.807, 2.05) is 0 Å². The topological polar surface area (TPSA) is 3.24 Å². The van der Waals surface area contributed by atoms with Crippen molar-refractivity contribution in [1.82, 2.24) is 4.57 Å². The first-order valence-electron chi connectivity index (χ1n) is 20.5. The van der Waals surface area contributed by atoms with Crippen LogP contribution in [-0.2, 0) is 0 Å². The van der Waals surface area contributed by atoms with Crippen molar-refractivity contribution >= 4 is 8.24 Å². The van der Waals surface area contributed by atoms with E-state index in [-0.39, 0.29) is 0 Å². The molecule has 0 atom stereocenters. The van der Waals surface area contributed by atoms with Gasteiger partial charge < -0.3 is 4.57 Å². The first-order valence-corrected chi connectivity index (χ1v) is 23.0. The fourth-order valence-corrected chi connectivity index (χ4v) is 13.0. The van der Waals surface area contributed by atoms with Crippen molar-refractivity contribution in [2.45, 2.75) is 245 Å². The summed E-state index contributed by atoms with van der Waals surface area (Å²) in [5.41, 5.74) is 0. The molecular weight excluding hydrogens is 523 g/mol. The Bertz CT molecular complexity index is 435. The van der Waals surface area contributed by atoms with Crippen molar-refractivity contribution < 1.29 is 0 Å². The van der Waals surface area contributed by atoms with E-state index in [0.717, 1.165) is 0 Å². The summed E-state index contributed by atoms with van der Waals surface area (Å²) in [7, 11) is -1.45. The number of rotatable bonds is 36. The minimum Gasteiger partial charge on any atom is -0.323 e. The highest BCUT2D eigenvalue weighted by Crippen LogP contribution is 2.34. The summed E-state index contributed by atoms with van der Waals surface area (Å²) in [5, 5.41) is 0. The van der Waals surface area contributed by atoms with Crippen molar-refractivity contribution in [3.05, 3.63) is 0 Å². The van der Waals surface area contributed by atoms with Gasteiger partial charge in [-0.1, -0.05) is 214 Å². The molecule has 0 spiro atoms. The van der Waals surface area contributed by atoms with Crippen LogP contribution < -0.4 is 0 Å². The van der Waals surface area contributed by atoms with E-state index in [1.54, 1.807) is 18.1 Å². The van der Waals surface area contributed by atoms with E-state index in [2.05, 4.69) is 39.2 Å². The van der Waals surface area contributed by atoms with Gasteiger partial charge in [-0.3, -0.25) is 0 Å². The summed E-state index contributed by atoms with van der Waals surface area (Å²) >= 11 is 0. The Morgan fingerprint density at radius 3 is 0.738 bits per heavy atom. The van der Waals surface area contributed by atoms with E-state index in [1.165, 1.54) is 206 Å². The molecule has 0 radical (unpaired) electrons. The molecule has 0 rings (SSSR count). The summed E-state index contributed by atoms with van der Waals surface area (Å²) < 4.78 is 3.29. The van der Waals surface area contributed by atoms with E-state index >= 15 is 0 Å². The summed E-state index contributed by atoms with van der Waals surface area (Å²) in [6.07, 6.45) is 43.8. The Morgan fingerprint density at radius 2 is 0.476 bits per heavy atom. The average Bonchev–Trinajstić information content (AvgIpc) is 3.00. The van der Waals surface area contributed by atoms with Gasteiger partial charge in [0.05, 0.1) is 0 Å². The molecule has 2 heteroatoms. The maximum atomic E-state index is 3.29. The Morgan fingerprint density at radius 1 is 0.262 bits per heavy atom. The van der Waals surface area contributed by atoms with Crippen LogP contribution in [0.1, 0.15) is 227 Å². The van der Waals surface area contributed by atoms with Crippen LogP contribution in [0.5, 0.6) is 0 Å². The van der Waals surface area contributed by atoms with E-state index < -0.39 is 8.24 Å². The quantitative estimate of drug-likeness (QED) is 0.0506. The minimum atomic E-state index is -1.45. The number of hydrogen-bond donors (Lipinski definition) is 0. The second-order valence-electron chi connectivity index (χ2n) is 14.3. The monoisotopic (exact) mass is 608 g/mol. The lowest BCUT2D eigenvalue weighted by molar-refractivity contribution is 0.372. The molecule has 0 aliphatic carbocycles. The molecule has 0 saturated carbocycles. The summed E-state index contributed by atoms with van der Waals surface area (Å²) in [4.78, 5) is 0. The van der Waals surface area contributed by atoms with Crippen molar-refractivity contribution in [2.75, 3.05) is 13.1 Å². The SMILES string of the molecule is CCCCCCCCN(CCCCCCCC)[Si](CCCCCCCC)(CCCCCCCC)CCCCCCCC. The Hall–Kier alpha value is 0.177. The van der Waals surface area contributed by atoms with E-state index in [4.69, 9.17) is 0 Å². The molecule has 0 heterocycles. The highest BCUT2D eigenvalue weighted by Gasteiger charge is 2.37. The lowest BCUT2D eigenvalue weighted by Gasteiger charge is -2.44. The Labute approximate surface area is 270 Å². The second-order valence-corrected chi connectivity index (χ2v) is 18.9. The van der Waals surface area contributed by atoms with Crippen molar-refractivity contribution in [1.29, 1.82) is 0 Å². The third-order valence-electron chi connectivity index (χ3n) is 10.2. The van der Waals surface area contributed by atoms with Crippen LogP contribution in [0.2, 0.25) is 18.1 Å². The van der Waals surface area contributed by atoms with E-state index in [9.17, 15) is 0 Å². The summed E-state index contributed by atoms with van der Waals surface area (Å²) in [5.74, 6) is 0. The molecule has 0 saturated heterocycles. The van der Waals surface area contributed by atoms with Crippen LogP contribution in [0.25, 0.3) is 0 Å². The Kier molecular flexibility index (Phi) is 34.2. The van der Waals surface area contributed by atoms with Gasteiger partial charge >= 0.3 is 0 Å². The average molecular weight is 608 g/mol. The van der Waals surface area contributed by atoms with Crippen LogP contribution in [0, 0.1) is 0 Å². The molecule has 0 aliphatic heterocycles. The fraction of sp³-hybridized carbons (Fsp3) is 1.00. The standard InChI is InChI=1S/C40H85NSi/c1-6-11-16-21-26-31-36-41(37-32-27-22-17-12-7-2)42(38-33-28-23-18-13-8-3,39-34-29-24-19-14-9-4)40-35-30-25-20-15-10-5/h6-40H2,1-5H3. The van der Waals surface area contributed by atoms with Gasteiger partial charge in [-0.25, -0.2) is 0 Å². The number of nitrogens with zero attached hydrogens (tertiary/aromatic N) is 1. The van der Waals surface area contributed by atoms with Crippen molar-refractivity contribution in [2.24, 2.45) is 0 Å². The zero-order valence-electron chi connectivity index (χ0n) is 30.7. The van der Waals surface area contributed by atoms with Gasteiger partial charge in [0.2, 0.25) is 0 Å². The van der Waals surface area contributed by atoms with E-state index in [0.29, 0.717) is 0 Å². The minimum absolute atomic E-state index is 1.37. The van der Waals surface area contributed by atoms with Crippen LogP contribution >= 0.6 is 0 Å². The molecule has 0 unspecified atom stereocenters. The molecule has 254 valence electrons. The molecule has 42 heavy (non-hydrogen) atoms. The van der Waals surface area contributed by atoms with Crippen LogP contribution in [-0.4, -0.2) is 25.9 Å². The van der Waals surface area contributed by atoms with Crippen molar-refractivity contribution in [3.63, 3.8) is 0 Å². The Balaban J connectivity index is 5.61. The van der Waals surface area contributed by atoms with Gasteiger partial charge in [-0.2, -0.15) is 0 Å². The molecule has 0 N–H and O–H groups in total. The number of unbranched alkanes of at least 4 members (excludes halogenated alkanes) is 25. The van der Waals surface area contributed by atoms with Gasteiger partial charge in [0.25, 0.3) is 0 Å². The second kappa shape index (κ2) is 34.1.